The molecule has 0 spiro atoms. The summed E-state index contributed by atoms with van der Waals surface area (Å²) >= 11 is 6.11. The monoisotopic (exact) mass is 331 g/mol. The molecule has 0 aromatic heterocycles. The molecule has 1 aromatic carbocycles. The first kappa shape index (κ1) is 16.6. The van der Waals surface area contributed by atoms with Gasteiger partial charge in [0.2, 0.25) is 10.0 Å². The zero-order valence-corrected chi connectivity index (χ0v) is 14.5. The first-order valence-corrected chi connectivity index (χ1v) is 8.91. The number of benzene rings is 1. The Morgan fingerprint density at radius 2 is 1.81 bits per heavy atom. The molecule has 1 aliphatic heterocycles. The van der Waals surface area contributed by atoms with Gasteiger partial charge in [-0.2, -0.15) is 4.31 Å². The molecule has 0 aliphatic carbocycles. The average Bonchev–Trinajstić information content (AvgIpc) is 2.40. The van der Waals surface area contributed by atoms with E-state index in [0.29, 0.717) is 35.7 Å². The van der Waals surface area contributed by atoms with Gasteiger partial charge >= 0.3 is 0 Å². The summed E-state index contributed by atoms with van der Waals surface area (Å²) in [6.07, 6.45) is 1.05. The first-order valence-electron chi connectivity index (χ1n) is 7.10. The number of rotatable bonds is 3. The van der Waals surface area contributed by atoms with Crippen molar-refractivity contribution in [3.8, 4) is 5.75 Å². The molecule has 1 aromatic rings. The van der Waals surface area contributed by atoms with Gasteiger partial charge < -0.3 is 4.74 Å². The Labute approximate surface area is 132 Å². The highest BCUT2D eigenvalue weighted by atomic mass is 35.5. The van der Waals surface area contributed by atoms with Gasteiger partial charge in [0, 0.05) is 18.1 Å². The van der Waals surface area contributed by atoms with Crippen molar-refractivity contribution in [3.05, 3.63) is 22.7 Å². The van der Waals surface area contributed by atoms with Crippen LogP contribution in [0.15, 0.2) is 17.0 Å². The van der Waals surface area contributed by atoms with Crippen molar-refractivity contribution in [2.45, 2.75) is 32.1 Å². The molecule has 0 N–H and O–H groups in total. The third kappa shape index (κ3) is 3.35. The molecule has 2 rings (SSSR count). The summed E-state index contributed by atoms with van der Waals surface area (Å²) in [5.74, 6) is 1.06. The Balaban J connectivity index is 2.46. The summed E-state index contributed by atoms with van der Waals surface area (Å²) in [6.45, 7) is 7.07. The number of halogens is 1. The predicted molar refractivity (Wildman–Crippen MR) is 84.4 cm³/mol. The van der Waals surface area contributed by atoms with Gasteiger partial charge in [0.05, 0.1) is 7.11 Å². The van der Waals surface area contributed by atoms with Crippen molar-refractivity contribution >= 4 is 21.6 Å². The van der Waals surface area contributed by atoms with Crippen LogP contribution in [0, 0.1) is 18.8 Å². The molecule has 118 valence electrons. The molecule has 0 unspecified atom stereocenters. The van der Waals surface area contributed by atoms with Crippen LogP contribution in [0.2, 0.25) is 5.02 Å². The Kier molecular flexibility index (Phi) is 4.85. The molecule has 0 bridgehead atoms. The van der Waals surface area contributed by atoms with Crippen LogP contribution in [-0.2, 0) is 10.0 Å². The van der Waals surface area contributed by atoms with Crippen molar-refractivity contribution < 1.29 is 13.2 Å². The van der Waals surface area contributed by atoms with Crippen molar-refractivity contribution in [1.29, 1.82) is 0 Å². The number of ether oxygens (including phenoxy) is 1. The third-order valence-electron chi connectivity index (χ3n) is 3.90. The Morgan fingerprint density at radius 3 is 2.33 bits per heavy atom. The maximum Gasteiger partial charge on any atom is 0.246 e. The van der Waals surface area contributed by atoms with E-state index in [4.69, 9.17) is 16.3 Å². The lowest BCUT2D eigenvalue weighted by Crippen LogP contribution is -2.42. The van der Waals surface area contributed by atoms with Crippen LogP contribution in [-0.4, -0.2) is 32.9 Å². The molecule has 1 saturated heterocycles. The Hall–Kier alpha value is -0.780. The van der Waals surface area contributed by atoms with E-state index >= 15 is 0 Å². The molecule has 1 fully saturated rings. The van der Waals surface area contributed by atoms with Gasteiger partial charge in [-0.25, -0.2) is 8.42 Å². The quantitative estimate of drug-likeness (QED) is 0.853. The van der Waals surface area contributed by atoms with Gasteiger partial charge in [-0.05, 0) is 42.9 Å². The molecule has 0 saturated carbocycles. The number of piperidine rings is 1. The molecule has 2 atom stereocenters. The van der Waals surface area contributed by atoms with E-state index in [9.17, 15) is 8.42 Å². The summed E-state index contributed by atoms with van der Waals surface area (Å²) in [5, 5.41) is 0.437. The number of hydrogen-bond donors (Lipinski definition) is 0. The van der Waals surface area contributed by atoms with Gasteiger partial charge in [0.25, 0.3) is 0 Å². The standard InChI is InChI=1S/C15H22ClNO3S/c1-10-5-11(2)9-17(8-10)21(18,19)15-7-13(16)12(3)6-14(15)20-4/h6-7,10-11H,5,8-9H2,1-4H3/t10-,11-/m0/s1. The van der Waals surface area contributed by atoms with E-state index in [-0.39, 0.29) is 4.90 Å². The van der Waals surface area contributed by atoms with Crippen LogP contribution in [0.4, 0.5) is 0 Å². The lowest BCUT2D eigenvalue weighted by atomic mass is 9.94. The summed E-state index contributed by atoms with van der Waals surface area (Å²) in [7, 11) is -2.11. The van der Waals surface area contributed by atoms with Crippen LogP contribution >= 0.6 is 11.6 Å². The topological polar surface area (TPSA) is 46.6 Å². The minimum atomic E-state index is -3.59. The molecule has 0 amide bonds. The van der Waals surface area contributed by atoms with Gasteiger partial charge in [0.1, 0.15) is 10.6 Å². The largest absolute Gasteiger partial charge is 0.495 e. The molecule has 1 aliphatic rings. The van der Waals surface area contributed by atoms with E-state index in [1.807, 2.05) is 6.92 Å². The number of aryl methyl sites for hydroxylation is 1. The highest BCUT2D eigenvalue weighted by Gasteiger charge is 2.33. The van der Waals surface area contributed by atoms with Crippen molar-refractivity contribution in [2.24, 2.45) is 11.8 Å². The lowest BCUT2D eigenvalue weighted by molar-refractivity contribution is 0.222. The minimum Gasteiger partial charge on any atom is -0.495 e. The van der Waals surface area contributed by atoms with Crippen molar-refractivity contribution in [1.82, 2.24) is 4.31 Å². The Morgan fingerprint density at radius 1 is 1.24 bits per heavy atom. The molecule has 4 nitrogen and oxygen atoms in total. The number of methoxy groups -OCH3 is 1. The summed E-state index contributed by atoms with van der Waals surface area (Å²) in [6, 6.07) is 3.17. The van der Waals surface area contributed by atoms with Gasteiger partial charge in [-0.15, -0.1) is 0 Å². The van der Waals surface area contributed by atoms with Crippen molar-refractivity contribution in [3.63, 3.8) is 0 Å². The van der Waals surface area contributed by atoms with Crippen LogP contribution in [0.3, 0.4) is 0 Å². The zero-order chi connectivity index (χ0) is 15.8. The number of sulfonamides is 1. The van der Waals surface area contributed by atoms with E-state index in [1.165, 1.54) is 13.2 Å². The lowest BCUT2D eigenvalue weighted by Gasteiger charge is -2.34. The second-order valence-corrected chi connectivity index (χ2v) is 8.33. The van der Waals surface area contributed by atoms with E-state index in [0.717, 1.165) is 12.0 Å². The highest BCUT2D eigenvalue weighted by molar-refractivity contribution is 7.89. The second-order valence-electron chi connectivity index (χ2n) is 6.02. The van der Waals surface area contributed by atoms with Crippen LogP contribution in [0.5, 0.6) is 5.75 Å². The molecule has 21 heavy (non-hydrogen) atoms. The number of nitrogens with zero attached hydrogens (tertiary/aromatic N) is 1. The number of hydrogen-bond acceptors (Lipinski definition) is 3. The normalized spacial score (nSPS) is 24.0. The molecular formula is C15H22ClNO3S. The maximum absolute atomic E-state index is 12.9. The molecule has 6 heteroatoms. The smallest absolute Gasteiger partial charge is 0.246 e. The van der Waals surface area contributed by atoms with E-state index in [1.54, 1.807) is 10.4 Å². The Bertz CT molecular complexity index is 620. The minimum absolute atomic E-state index is 0.155. The third-order valence-corrected chi connectivity index (χ3v) is 6.16. The summed E-state index contributed by atoms with van der Waals surface area (Å²) < 4.78 is 32.6. The van der Waals surface area contributed by atoms with Gasteiger partial charge in [-0.3, -0.25) is 0 Å². The van der Waals surface area contributed by atoms with Crippen LogP contribution < -0.4 is 4.74 Å². The molecule has 1 heterocycles. The summed E-state index contributed by atoms with van der Waals surface area (Å²) in [5.41, 5.74) is 0.799. The van der Waals surface area contributed by atoms with E-state index in [2.05, 4.69) is 13.8 Å². The van der Waals surface area contributed by atoms with Gasteiger partial charge in [0.15, 0.2) is 0 Å². The second kappa shape index (κ2) is 6.15. The predicted octanol–water partition coefficient (Wildman–Crippen LogP) is 3.32. The van der Waals surface area contributed by atoms with Crippen LogP contribution in [0.1, 0.15) is 25.8 Å². The molecular weight excluding hydrogens is 310 g/mol. The highest BCUT2D eigenvalue weighted by Crippen LogP contribution is 2.34. The summed E-state index contributed by atoms with van der Waals surface area (Å²) in [4.78, 5) is 0.155. The fraction of sp³-hybridized carbons (Fsp3) is 0.600. The zero-order valence-electron chi connectivity index (χ0n) is 12.9. The molecule has 0 radical (unpaired) electrons. The van der Waals surface area contributed by atoms with Crippen LogP contribution in [0.25, 0.3) is 0 Å². The average molecular weight is 332 g/mol. The SMILES string of the molecule is COc1cc(C)c(Cl)cc1S(=O)(=O)N1C[C@@H](C)C[C@H](C)C1. The fourth-order valence-electron chi connectivity index (χ4n) is 2.94. The first-order chi connectivity index (χ1) is 9.75. The maximum atomic E-state index is 12.9. The fourth-order valence-corrected chi connectivity index (χ4v) is 5.01. The van der Waals surface area contributed by atoms with Crippen molar-refractivity contribution in [2.75, 3.05) is 20.2 Å². The van der Waals surface area contributed by atoms with E-state index < -0.39 is 10.0 Å². The van der Waals surface area contributed by atoms with Gasteiger partial charge in [-0.1, -0.05) is 25.4 Å².